The Kier molecular flexibility index (Phi) is 7.92. The van der Waals surface area contributed by atoms with Gasteiger partial charge < -0.3 is 20.2 Å². The van der Waals surface area contributed by atoms with Gasteiger partial charge in [0.1, 0.15) is 5.58 Å². The average Bonchev–Trinajstić information content (AvgIpc) is 3.27. The molecule has 0 spiro atoms. The van der Waals surface area contributed by atoms with Crippen LogP contribution in [0.3, 0.4) is 0 Å². The van der Waals surface area contributed by atoms with E-state index in [0.29, 0.717) is 17.7 Å². The molecule has 6 nitrogen and oxygen atoms in total. The highest BCUT2D eigenvalue weighted by Gasteiger charge is 2.34. The minimum absolute atomic E-state index is 0.0478. The van der Waals surface area contributed by atoms with E-state index in [1.165, 1.54) is 24.8 Å². The number of nitrogens with two attached hydrogens (primary N) is 1. The van der Waals surface area contributed by atoms with E-state index in [4.69, 9.17) is 4.42 Å². The molecule has 0 atom stereocenters. The largest absolute Gasteiger partial charge is 0.464 e. The molecule has 0 bridgehead atoms. The molecule has 1 aliphatic rings. The number of carbonyl (C=O) groups excluding carboxylic acids is 2. The summed E-state index contributed by atoms with van der Waals surface area (Å²) in [5, 5.41) is 4.15. The summed E-state index contributed by atoms with van der Waals surface area (Å²) in [6.45, 7) is 4.16. The smallest absolute Gasteiger partial charge is 0.404 e. The summed E-state index contributed by atoms with van der Waals surface area (Å²) in [6.07, 6.45) is 6.80. The van der Waals surface area contributed by atoms with Crippen molar-refractivity contribution >= 4 is 23.0 Å². The van der Waals surface area contributed by atoms with Crippen molar-refractivity contribution in [2.24, 2.45) is 5.73 Å². The fourth-order valence-corrected chi connectivity index (χ4v) is 4.34. The van der Waals surface area contributed by atoms with Crippen LogP contribution in [0.4, 0.5) is 4.79 Å². The van der Waals surface area contributed by atoms with E-state index in [1.807, 2.05) is 24.3 Å². The number of furan rings is 1. The second-order valence-electron chi connectivity index (χ2n) is 8.52. The molecule has 1 heterocycles. The summed E-state index contributed by atoms with van der Waals surface area (Å²) < 4.78 is 9.90. The van der Waals surface area contributed by atoms with Gasteiger partial charge in [-0.1, -0.05) is 61.7 Å². The van der Waals surface area contributed by atoms with Gasteiger partial charge in [-0.2, -0.15) is 0 Å². The van der Waals surface area contributed by atoms with Crippen LogP contribution in [0.1, 0.15) is 61.9 Å². The molecule has 1 aliphatic carbocycles. The molecular weight excluding hydrogens is 404 g/mol. The molecule has 2 aromatic carbocycles. The highest BCUT2D eigenvalue weighted by Crippen LogP contribution is 2.39. The Morgan fingerprint density at radius 2 is 1.75 bits per heavy atom. The molecule has 3 aromatic rings. The maximum atomic E-state index is 12.8. The van der Waals surface area contributed by atoms with Gasteiger partial charge >= 0.3 is 6.09 Å². The third-order valence-electron chi connectivity index (χ3n) is 5.86. The summed E-state index contributed by atoms with van der Waals surface area (Å²) in [7, 11) is 0. The summed E-state index contributed by atoms with van der Waals surface area (Å²) >= 11 is 0. The lowest BCUT2D eigenvalue weighted by atomic mass is 9.69. The average molecular weight is 437 g/mol. The number of rotatable bonds is 5. The van der Waals surface area contributed by atoms with Crippen molar-refractivity contribution in [3.63, 3.8) is 0 Å². The molecule has 6 heteroatoms. The van der Waals surface area contributed by atoms with E-state index in [1.54, 1.807) is 20.1 Å². The zero-order valence-electron chi connectivity index (χ0n) is 18.8. The lowest BCUT2D eigenvalue weighted by Gasteiger charge is -2.38. The first-order valence-electron chi connectivity index (χ1n) is 11.2. The zero-order valence-corrected chi connectivity index (χ0v) is 18.8. The first-order valence-corrected chi connectivity index (χ1v) is 11.2. The summed E-state index contributed by atoms with van der Waals surface area (Å²) in [5.41, 5.74) is 7.30. The van der Waals surface area contributed by atoms with Crippen LogP contribution in [-0.2, 0) is 10.2 Å². The maximum absolute atomic E-state index is 12.8. The topological polar surface area (TPSA) is 94.6 Å². The van der Waals surface area contributed by atoms with Crippen molar-refractivity contribution in [2.75, 3.05) is 6.54 Å². The number of nitrogens with one attached hydrogen (secondary N) is 1. The molecule has 0 radical (unpaired) electrons. The fourth-order valence-electron chi connectivity index (χ4n) is 4.34. The van der Waals surface area contributed by atoms with Gasteiger partial charge in [-0.25, -0.2) is 4.79 Å². The van der Waals surface area contributed by atoms with Crippen LogP contribution >= 0.6 is 0 Å². The van der Waals surface area contributed by atoms with E-state index in [-0.39, 0.29) is 17.4 Å². The van der Waals surface area contributed by atoms with E-state index in [2.05, 4.69) is 46.1 Å². The molecule has 4 rings (SSSR count). The standard InChI is InChI=1S/C22H23NO2.C4H9NO2/c24-21(19-11-7-8-17-12-15-25-20(17)19)23-16-22(13-5-2-6-14-22)18-9-3-1-4-10-18;1-3(2)7-4(5)6/h1,3-4,7-12,15H,2,5-6,13-14,16H2,(H,23,24);3H,1-2H3,(H2,5,6). The van der Waals surface area contributed by atoms with Gasteiger partial charge in [-0.3, -0.25) is 4.79 Å². The molecule has 1 saturated carbocycles. The third-order valence-corrected chi connectivity index (χ3v) is 5.86. The monoisotopic (exact) mass is 436 g/mol. The summed E-state index contributed by atoms with van der Waals surface area (Å²) in [6, 6.07) is 18.2. The van der Waals surface area contributed by atoms with E-state index >= 15 is 0 Å². The van der Waals surface area contributed by atoms with Crippen LogP contribution in [0.2, 0.25) is 0 Å². The predicted molar refractivity (Wildman–Crippen MR) is 126 cm³/mol. The quantitative estimate of drug-likeness (QED) is 0.548. The molecule has 2 amide bonds. The van der Waals surface area contributed by atoms with Crippen molar-refractivity contribution < 1.29 is 18.7 Å². The Hall–Kier alpha value is -3.28. The Morgan fingerprint density at radius 3 is 2.38 bits per heavy atom. The van der Waals surface area contributed by atoms with Crippen LogP contribution in [0.25, 0.3) is 11.0 Å². The number of ether oxygens (including phenoxy) is 1. The lowest BCUT2D eigenvalue weighted by Crippen LogP contribution is -2.42. The second-order valence-corrected chi connectivity index (χ2v) is 8.52. The van der Waals surface area contributed by atoms with Gasteiger partial charge in [0.05, 0.1) is 17.9 Å². The van der Waals surface area contributed by atoms with Gasteiger partial charge in [0.15, 0.2) is 0 Å². The first-order chi connectivity index (χ1) is 15.4. The SMILES string of the molecule is CC(C)OC(N)=O.O=C(NCC1(c2ccccc2)CCCCC1)c1cccc2ccoc12. The minimum atomic E-state index is -0.713. The number of hydrogen-bond acceptors (Lipinski definition) is 4. The number of fused-ring (bicyclic) bond motifs is 1. The minimum Gasteiger partial charge on any atom is -0.464 e. The molecule has 32 heavy (non-hydrogen) atoms. The van der Waals surface area contributed by atoms with Crippen LogP contribution in [0.15, 0.2) is 65.3 Å². The Bertz CT molecular complexity index is 1020. The lowest BCUT2D eigenvalue weighted by molar-refractivity contribution is 0.0937. The van der Waals surface area contributed by atoms with Gasteiger partial charge in [-0.15, -0.1) is 0 Å². The highest BCUT2D eigenvalue weighted by atomic mass is 16.6. The molecule has 1 aromatic heterocycles. The number of hydrogen-bond donors (Lipinski definition) is 2. The van der Waals surface area contributed by atoms with Crippen LogP contribution in [-0.4, -0.2) is 24.6 Å². The Balaban J connectivity index is 0.000000360. The normalized spacial score (nSPS) is 15.0. The molecule has 170 valence electrons. The number of carbonyl (C=O) groups is 2. The molecule has 3 N–H and O–H groups in total. The van der Waals surface area contributed by atoms with Gasteiger partial charge in [-0.05, 0) is 44.4 Å². The second kappa shape index (κ2) is 10.8. The molecular formula is C26H32N2O4. The van der Waals surface area contributed by atoms with Gasteiger partial charge in [0, 0.05) is 17.3 Å². The Morgan fingerprint density at radius 1 is 1.03 bits per heavy atom. The van der Waals surface area contributed by atoms with Crippen molar-refractivity contribution in [3.8, 4) is 0 Å². The molecule has 0 aliphatic heterocycles. The highest BCUT2D eigenvalue weighted by molar-refractivity contribution is 6.04. The molecule has 0 saturated heterocycles. The molecule has 1 fully saturated rings. The first kappa shape index (κ1) is 23.4. The van der Waals surface area contributed by atoms with Crippen LogP contribution < -0.4 is 11.1 Å². The van der Waals surface area contributed by atoms with Crippen molar-refractivity contribution in [3.05, 3.63) is 72.0 Å². The third kappa shape index (κ3) is 5.90. The van der Waals surface area contributed by atoms with Gasteiger partial charge in [0.2, 0.25) is 0 Å². The maximum Gasteiger partial charge on any atom is 0.404 e. The number of benzene rings is 2. The number of para-hydroxylation sites is 1. The summed E-state index contributed by atoms with van der Waals surface area (Å²) in [4.78, 5) is 22.6. The Labute approximate surface area is 189 Å². The zero-order chi connectivity index (χ0) is 23.0. The van der Waals surface area contributed by atoms with Crippen LogP contribution in [0, 0.1) is 0 Å². The van der Waals surface area contributed by atoms with Crippen molar-refractivity contribution in [1.29, 1.82) is 0 Å². The molecule has 0 unspecified atom stereocenters. The fraction of sp³-hybridized carbons (Fsp3) is 0.385. The van der Waals surface area contributed by atoms with Gasteiger partial charge in [0.25, 0.3) is 5.91 Å². The van der Waals surface area contributed by atoms with E-state index < -0.39 is 6.09 Å². The van der Waals surface area contributed by atoms with Crippen molar-refractivity contribution in [2.45, 2.75) is 57.5 Å². The van der Waals surface area contributed by atoms with E-state index in [9.17, 15) is 9.59 Å². The number of primary amides is 1. The van der Waals surface area contributed by atoms with E-state index in [0.717, 1.165) is 18.2 Å². The summed E-state index contributed by atoms with van der Waals surface area (Å²) in [5.74, 6) is -0.0542. The predicted octanol–water partition coefficient (Wildman–Crippen LogP) is 5.55. The van der Waals surface area contributed by atoms with Crippen LogP contribution in [0.5, 0.6) is 0 Å². The van der Waals surface area contributed by atoms with Crippen molar-refractivity contribution in [1.82, 2.24) is 5.32 Å². The number of amides is 2.